The standard InChI is InChI=1S/C16H20N2O2S/c17-12-7-13-18(16-10-5-2-6-11-16)21(19,20)14-15-8-3-1-4-9-15/h1-6,8-11H,7,12-14,17H2. The summed E-state index contributed by atoms with van der Waals surface area (Å²) in [5.41, 5.74) is 7.00. The van der Waals surface area contributed by atoms with Gasteiger partial charge < -0.3 is 5.73 Å². The maximum Gasteiger partial charge on any atom is 0.239 e. The molecule has 0 aliphatic rings. The van der Waals surface area contributed by atoms with Gasteiger partial charge in [0.2, 0.25) is 10.0 Å². The summed E-state index contributed by atoms with van der Waals surface area (Å²) < 4.78 is 26.8. The normalized spacial score (nSPS) is 11.3. The van der Waals surface area contributed by atoms with Crippen LogP contribution in [0.25, 0.3) is 0 Å². The Kier molecular flexibility index (Phi) is 5.36. The van der Waals surface area contributed by atoms with Crippen LogP contribution in [0, 0.1) is 0 Å². The summed E-state index contributed by atoms with van der Waals surface area (Å²) >= 11 is 0. The molecule has 0 radical (unpaired) electrons. The van der Waals surface area contributed by atoms with Crippen molar-refractivity contribution in [2.75, 3.05) is 17.4 Å². The van der Waals surface area contributed by atoms with Crippen LogP contribution in [0.1, 0.15) is 12.0 Å². The summed E-state index contributed by atoms with van der Waals surface area (Å²) in [6, 6.07) is 18.4. The van der Waals surface area contributed by atoms with Gasteiger partial charge in [0.05, 0.1) is 11.4 Å². The van der Waals surface area contributed by atoms with E-state index < -0.39 is 10.0 Å². The summed E-state index contributed by atoms with van der Waals surface area (Å²) in [6.45, 7) is 0.861. The zero-order chi connectivity index (χ0) is 15.1. The van der Waals surface area contributed by atoms with Crippen LogP contribution in [0.3, 0.4) is 0 Å². The molecule has 21 heavy (non-hydrogen) atoms. The maximum atomic E-state index is 12.7. The van der Waals surface area contributed by atoms with Crippen molar-refractivity contribution in [2.24, 2.45) is 5.73 Å². The van der Waals surface area contributed by atoms with E-state index in [0.29, 0.717) is 25.2 Å². The molecular formula is C16H20N2O2S. The molecule has 0 aliphatic carbocycles. The second kappa shape index (κ2) is 7.24. The van der Waals surface area contributed by atoms with Crippen molar-refractivity contribution >= 4 is 15.7 Å². The van der Waals surface area contributed by atoms with Crippen LogP contribution >= 0.6 is 0 Å². The quantitative estimate of drug-likeness (QED) is 0.854. The van der Waals surface area contributed by atoms with Gasteiger partial charge in [0, 0.05) is 6.54 Å². The topological polar surface area (TPSA) is 63.4 Å². The van der Waals surface area contributed by atoms with Gasteiger partial charge in [0.15, 0.2) is 0 Å². The number of hydrogen-bond donors (Lipinski definition) is 1. The van der Waals surface area contributed by atoms with E-state index in [1.807, 2.05) is 48.5 Å². The molecule has 0 bridgehead atoms. The minimum absolute atomic E-state index is 0.00664. The number of nitrogens with two attached hydrogens (primary N) is 1. The first kappa shape index (κ1) is 15.5. The third kappa shape index (κ3) is 4.31. The predicted molar refractivity (Wildman–Crippen MR) is 86.5 cm³/mol. The van der Waals surface area contributed by atoms with Gasteiger partial charge in [-0.15, -0.1) is 0 Å². The van der Waals surface area contributed by atoms with E-state index in [9.17, 15) is 8.42 Å². The highest BCUT2D eigenvalue weighted by Gasteiger charge is 2.22. The van der Waals surface area contributed by atoms with E-state index in [0.717, 1.165) is 5.56 Å². The third-order valence-electron chi connectivity index (χ3n) is 3.14. The summed E-state index contributed by atoms with van der Waals surface area (Å²) in [4.78, 5) is 0. The van der Waals surface area contributed by atoms with Crippen molar-refractivity contribution in [3.8, 4) is 0 Å². The minimum Gasteiger partial charge on any atom is -0.330 e. The highest BCUT2D eigenvalue weighted by molar-refractivity contribution is 7.92. The van der Waals surface area contributed by atoms with Crippen molar-refractivity contribution in [3.05, 3.63) is 66.2 Å². The molecule has 0 aliphatic heterocycles. The molecule has 2 rings (SSSR count). The smallest absolute Gasteiger partial charge is 0.239 e. The van der Waals surface area contributed by atoms with Crippen LogP contribution in [-0.2, 0) is 15.8 Å². The number of benzene rings is 2. The lowest BCUT2D eigenvalue weighted by Gasteiger charge is -2.24. The van der Waals surface area contributed by atoms with Crippen LogP contribution in [0.15, 0.2) is 60.7 Å². The molecule has 2 aromatic rings. The Balaban J connectivity index is 2.27. The molecule has 2 N–H and O–H groups in total. The van der Waals surface area contributed by atoms with Crippen LogP contribution in [-0.4, -0.2) is 21.5 Å². The van der Waals surface area contributed by atoms with E-state index in [-0.39, 0.29) is 5.75 Å². The summed E-state index contributed by atoms with van der Waals surface area (Å²) in [6.07, 6.45) is 0.628. The van der Waals surface area contributed by atoms with Crippen LogP contribution in [0.4, 0.5) is 5.69 Å². The van der Waals surface area contributed by atoms with Gasteiger partial charge in [-0.2, -0.15) is 0 Å². The lowest BCUT2D eigenvalue weighted by atomic mass is 10.2. The van der Waals surface area contributed by atoms with E-state index in [1.165, 1.54) is 4.31 Å². The largest absolute Gasteiger partial charge is 0.330 e. The number of anilines is 1. The van der Waals surface area contributed by atoms with Crippen molar-refractivity contribution in [2.45, 2.75) is 12.2 Å². The molecule has 0 unspecified atom stereocenters. The zero-order valence-corrected chi connectivity index (χ0v) is 12.7. The molecule has 0 amide bonds. The summed E-state index contributed by atoms with van der Waals surface area (Å²) in [7, 11) is -3.42. The monoisotopic (exact) mass is 304 g/mol. The molecule has 5 heteroatoms. The SMILES string of the molecule is NCCCN(c1ccccc1)S(=O)(=O)Cc1ccccc1. The lowest BCUT2D eigenvalue weighted by molar-refractivity contribution is 0.588. The van der Waals surface area contributed by atoms with E-state index in [4.69, 9.17) is 5.73 Å². The average Bonchev–Trinajstić information content (AvgIpc) is 2.49. The van der Waals surface area contributed by atoms with Gasteiger partial charge in [-0.05, 0) is 30.7 Å². The molecule has 0 spiro atoms. The first-order valence-electron chi connectivity index (χ1n) is 6.93. The van der Waals surface area contributed by atoms with Gasteiger partial charge in [0.1, 0.15) is 0 Å². The van der Waals surface area contributed by atoms with Crippen LogP contribution in [0.2, 0.25) is 0 Å². The average molecular weight is 304 g/mol. The first-order valence-corrected chi connectivity index (χ1v) is 8.54. The Morgan fingerprint density at radius 2 is 1.48 bits per heavy atom. The number of sulfonamides is 1. The van der Waals surface area contributed by atoms with E-state index in [1.54, 1.807) is 12.1 Å². The van der Waals surface area contributed by atoms with E-state index in [2.05, 4.69) is 0 Å². The Bertz CT molecular complexity index is 642. The van der Waals surface area contributed by atoms with Crippen molar-refractivity contribution < 1.29 is 8.42 Å². The molecule has 4 nitrogen and oxygen atoms in total. The second-order valence-corrected chi connectivity index (χ2v) is 6.69. The molecule has 0 saturated heterocycles. The zero-order valence-electron chi connectivity index (χ0n) is 11.9. The number of nitrogens with zero attached hydrogens (tertiary/aromatic N) is 1. The van der Waals surface area contributed by atoms with E-state index >= 15 is 0 Å². The molecule has 2 aromatic carbocycles. The fourth-order valence-electron chi connectivity index (χ4n) is 2.12. The first-order chi connectivity index (χ1) is 10.1. The fraction of sp³-hybridized carbons (Fsp3) is 0.250. The highest BCUT2D eigenvalue weighted by atomic mass is 32.2. The Morgan fingerprint density at radius 1 is 0.905 bits per heavy atom. The van der Waals surface area contributed by atoms with Gasteiger partial charge >= 0.3 is 0 Å². The predicted octanol–water partition coefficient (Wildman–Crippen LogP) is 2.37. The Hall–Kier alpha value is -1.85. The molecule has 0 fully saturated rings. The number of rotatable bonds is 7. The molecule has 0 saturated carbocycles. The number of hydrogen-bond acceptors (Lipinski definition) is 3. The Labute approximate surface area is 126 Å². The second-order valence-electron chi connectivity index (χ2n) is 4.79. The summed E-state index contributed by atoms with van der Waals surface area (Å²) in [5.74, 6) is -0.00664. The fourth-order valence-corrected chi connectivity index (χ4v) is 3.74. The van der Waals surface area contributed by atoms with Gasteiger partial charge in [-0.25, -0.2) is 8.42 Å². The minimum atomic E-state index is -3.42. The molecule has 112 valence electrons. The molecule has 0 aromatic heterocycles. The third-order valence-corrected chi connectivity index (χ3v) is 4.90. The van der Waals surface area contributed by atoms with Gasteiger partial charge in [-0.1, -0.05) is 48.5 Å². The number of para-hydroxylation sites is 1. The van der Waals surface area contributed by atoms with Gasteiger partial charge in [-0.3, -0.25) is 4.31 Å². The van der Waals surface area contributed by atoms with Crippen molar-refractivity contribution in [1.82, 2.24) is 0 Å². The summed E-state index contributed by atoms with van der Waals surface area (Å²) in [5, 5.41) is 0. The molecule has 0 atom stereocenters. The highest BCUT2D eigenvalue weighted by Crippen LogP contribution is 2.20. The van der Waals surface area contributed by atoms with Crippen LogP contribution < -0.4 is 10.0 Å². The van der Waals surface area contributed by atoms with Crippen LogP contribution in [0.5, 0.6) is 0 Å². The van der Waals surface area contributed by atoms with Crippen molar-refractivity contribution in [1.29, 1.82) is 0 Å². The molecule has 0 heterocycles. The maximum absolute atomic E-state index is 12.7. The van der Waals surface area contributed by atoms with Gasteiger partial charge in [0.25, 0.3) is 0 Å². The lowest BCUT2D eigenvalue weighted by Crippen LogP contribution is -2.34. The molecular weight excluding hydrogens is 284 g/mol. The van der Waals surface area contributed by atoms with Crippen molar-refractivity contribution in [3.63, 3.8) is 0 Å². The Morgan fingerprint density at radius 3 is 2.05 bits per heavy atom.